The van der Waals surface area contributed by atoms with E-state index in [9.17, 15) is 4.79 Å². The molecule has 2 aliphatic heterocycles. The summed E-state index contributed by atoms with van der Waals surface area (Å²) in [5.74, 6) is 1.26. The SMILES string of the molecule is O=C(CCC1(c2ccc(Br)cc2)c2ccccc2-c2nccn21)N1CCCCCC1. The maximum Gasteiger partial charge on any atom is 0.222 e. The first kappa shape index (κ1) is 19.6. The summed E-state index contributed by atoms with van der Waals surface area (Å²) in [6.45, 7) is 1.80. The van der Waals surface area contributed by atoms with Crippen LogP contribution < -0.4 is 0 Å². The second-order valence-electron chi connectivity index (χ2n) is 8.33. The van der Waals surface area contributed by atoms with E-state index in [1.165, 1.54) is 24.0 Å². The average Bonchev–Trinajstić information content (AvgIpc) is 3.23. The van der Waals surface area contributed by atoms with Gasteiger partial charge in [0.05, 0.1) is 5.54 Å². The third-order valence-corrected chi connectivity index (χ3v) is 7.18. The van der Waals surface area contributed by atoms with E-state index in [1.54, 1.807) is 0 Å². The molecule has 3 aromatic rings. The lowest BCUT2D eigenvalue weighted by molar-refractivity contribution is -0.131. The molecule has 154 valence electrons. The van der Waals surface area contributed by atoms with E-state index >= 15 is 0 Å². The topological polar surface area (TPSA) is 38.1 Å². The summed E-state index contributed by atoms with van der Waals surface area (Å²) in [5.41, 5.74) is 3.18. The number of benzene rings is 2. The number of halogens is 1. The second-order valence-corrected chi connectivity index (χ2v) is 9.24. The van der Waals surface area contributed by atoms with Crippen molar-refractivity contribution in [3.05, 3.63) is 76.5 Å². The molecule has 0 bridgehead atoms. The van der Waals surface area contributed by atoms with Crippen molar-refractivity contribution in [3.8, 4) is 11.4 Å². The van der Waals surface area contributed by atoms with Crippen LogP contribution in [-0.4, -0.2) is 33.4 Å². The highest BCUT2D eigenvalue weighted by atomic mass is 79.9. The van der Waals surface area contributed by atoms with E-state index in [2.05, 4.69) is 85.1 Å². The quantitative estimate of drug-likeness (QED) is 0.504. The highest BCUT2D eigenvalue weighted by Crippen LogP contribution is 2.49. The van der Waals surface area contributed by atoms with Gasteiger partial charge in [-0.3, -0.25) is 4.79 Å². The Morgan fingerprint density at radius 3 is 2.50 bits per heavy atom. The number of carbonyl (C=O) groups excluding carboxylic acids is 1. The summed E-state index contributed by atoms with van der Waals surface area (Å²) in [5, 5.41) is 0. The predicted molar refractivity (Wildman–Crippen MR) is 122 cm³/mol. The summed E-state index contributed by atoms with van der Waals surface area (Å²) < 4.78 is 3.33. The Morgan fingerprint density at radius 1 is 1.00 bits per heavy atom. The summed E-state index contributed by atoms with van der Waals surface area (Å²) in [6, 6.07) is 17.0. The number of rotatable bonds is 4. The van der Waals surface area contributed by atoms with Gasteiger partial charge in [-0.2, -0.15) is 0 Å². The molecule has 2 aliphatic rings. The average molecular weight is 464 g/mol. The fraction of sp³-hybridized carbons (Fsp3) is 0.360. The van der Waals surface area contributed by atoms with E-state index in [4.69, 9.17) is 0 Å². The third kappa shape index (κ3) is 3.20. The zero-order chi connectivity index (χ0) is 20.6. The first-order chi connectivity index (χ1) is 14.7. The molecule has 1 aromatic heterocycles. The molecule has 0 aliphatic carbocycles. The summed E-state index contributed by atoms with van der Waals surface area (Å²) in [6.07, 6.45) is 9.91. The fourth-order valence-corrected chi connectivity index (χ4v) is 5.43. The van der Waals surface area contributed by atoms with Crippen LogP contribution in [0.15, 0.2) is 65.4 Å². The first-order valence-electron chi connectivity index (χ1n) is 10.9. The van der Waals surface area contributed by atoms with E-state index in [-0.39, 0.29) is 5.91 Å². The Labute approximate surface area is 186 Å². The van der Waals surface area contributed by atoms with Gasteiger partial charge < -0.3 is 9.47 Å². The number of aromatic nitrogens is 2. The lowest BCUT2D eigenvalue weighted by Crippen LogP contribution is -2.37. The highest BCUT2D eigenvalue weighted by molar-refractivity contribution is 9.10. The van der Waals surface area contributed by atoms with Gasteiger partial charge in [0.1, 0.15) is 5.82 Å². The molecule has 0 saturated carbocycles. The minimum absolute atomic E-state index is 0.277. The number of hydrogen-bond donors (Lipinski definition) is 0. The van der Waals surface area contributed by atoms with Gasteiger partial charge in [0.15, 0.2) is 0 Å². The number of nitrogens with zero attached hydrogens (tertiary/aromatic N) is 3. The predicted octanol–water partition coefficient (Wildman–Crippen LogP) is 5.60. The summed E-state index contributed by atoms with van der Waals surface area (Å²) in [7, 11) is 0. The molecule has 0 radical (unpaired) electrons. The molecule has 1 amide bonds. The van der Waals surface area contributed by atoms with Crippen LogP contribution in [0.3, 0.4) is 0 Å². The first-order valence-corrected chi connectivity index (χ1v) is 11.7. The zero-order valence-electron chi connectivity index (χ0n) is 17.1. The second kappa shape index (κ2) is 8.03. The van der Waals surface area contributed by atoms with Crippen LogP contribution in [0.4, 0.5) is 0 Å². The lowest BCUT2D eigenvalue weighted by Gasteiger charge is -2.34. The van der Waals surface area contributed by atoms with Crippen LogP contribution in [0, 0.1) is 0 Å². The Bertz CT molecular complexity index is 1050. The standard InChI is InChI=1S/C25H26BrN3O/c26-20-11-9-19(10-12-20)25(14-13-23(30)28-16-5-1-2-6-17-28)22-8-4-3-7-21(22)24-27-15-18-29(24)25/h3-4,7-12,15,18H,1-2,5-6,13-14,16-17H2. The van der Waals surface area contributed by atoms with Crippen molar-refractivity contribution in [1.29, 1.82) is 0 Å². The number of likely N-dealkylation sites (tertiary alicyclic amines) is 1. The van der Waals surface area contributed by atoms with Crippen molar-refractivity contribution in [1.82, 2.24) is 14.5 Å². The van der Waals surface area contributed by atoms with E-state index in [0.717, 1.165) is 48.2 Å². The third-order valence-electron chi connectivity index (χ3n) is 6.65. The molecule has 2 aromatic carbocycles. The lowest BCUT2D eigenvalue weighted by atomic mass is 9.79. The number of fused-ring (bicyclic) bond motifs is 3. The Hall–Kier alpha value is -2.40. The molecule has 1 atom stereocenters. The van der Waals surface area contributed by atoms with Gasteiger partial charge in [0.25, 0.3) is 0 Å². The van der Waals surface area contributed by atoms with Crippen LogP contribution in [-0.2, 0) is 10.3 Å². The number of imidazole rings is 1. The van der Waals surface area contributed by atoms with Crippen LogP contribution in [0.25, 0.3) is 11.4 Å². The molecule has 3 heterocycles. The minimum Gasteiger partial charge on any atom is -0.343 e. The fourth-order valence-electron chi connectivity index (χ4n) is 5.16. The van der Waals surface area contributed by atoms with Gasteiger partial charge >= 0.3 is 0 Å². The van der Waals surface area contributed by atoms with Crippen molar-refractivity contribution in [2.75, 3.05) is 13.1 Å². The van der Waals surface area contributed by atoms with Gasteiger partial charge in [-0.1, -0.05) is 65.2 Å². The molecule has 1 saturated heterocycles. The molecule has 4 nitrogen and oxygen atoms in total. The molecular formula is C25H26BrN3O. The maximum atomic E-state index is 13.2. The molecule has 0 spiro atoms. The Balaban J connectivity index is 1.56. The smallest absolute Gasteiger partial charge is 0.222 e. The van der Waals surface area contributed by atoms with Crippen LogP contribution in [0.5, 0.6) is 0 Å². The summed E-state index contributed by atoms with van der Waals surface area (Å²) in [4.78, 5) is 19.9. The van der Waals surface area contributed by atoms with Gasteiger partial charge in [0, 0.05) is 41.9 Å². The van der Waals surface area contributed by atoms with Gasteiger partial charge in [-0.25, -0.2) is 4.98 Å². The van der Waals surface area contributed by atoms with E-state index in [0.29, 0.717) is 6.42 Å². The van der Waals surface area contributed by atoms with E-state index in [1.807, 2.05) is 6.20 Å². The number of amides is 1. The number of carbonyl (C=O) groups is 1. The van der Waals surface area contributed by atoms with Crippen molar-refractivity contribution in [2.24, 2.45) is 0 Å². The normalized spacial score (nSPS) is 20.5. The van der Waals surface area contributed by atoms with Gasteiger partial charge in [0.2, 0.25) is 5.91 Å². The molecule has 1 unspecified atom stereocenters. The highest BCUT2D eigenvalue weighted by Gasteiger charge is 2.45. The molecule has 30 heavy (non-hydrogen) atoms. The molecule has 5 heteroatoms. The monoisotopic (exact) mass is 463 g/mol. The minimum atomic E-state index is -0.412. The van der Waals surface area contributed by atoms with Crippen molar-refractivity contribution >= 4 is 21.8 Å². The van der Waals surface area contributed by atoms with Crippen molar-refractivity contribution in [2.45, 2.75) is 44.1 Å². The van der Waals surface area contributed by atoms with Crippen LogP contribution in [0.2, 0.25) is 0 Å². The summed E-state index contributed by atoms with van der Waals surface area (Å²) >= 11 is 3.57. The van der Waals surface area contributed by atoms with Gasteiger partial charge in [-0.15, -0.1) is 0 Å². The molecule has 0 N–H and O–H groups in total. The largest absolute Gasteiger partial charge is 0.343 e. The van der Waals surface area contributed by atoms with E-state index < -0.39 is 5.54 Å². The molecule has 5 rings (SSSR count). The maximum absolute atomic E-state index is 13.2. The van der Waals surface area contributed by atoms with Gasteiger partial charge in [-0.05, 0) is 42.5 Å². The number of hydrogen-bond acceptors (Lipinski definition) is 2. The van der Waals surface area contributed by atoms with Crippen LogP contribution >= 0.6 is 15.9 Å². The van der Waals surface area contributed by atoms with Crippen molar-refractivity contribution in [3.63, 3.8) is 0 Å². The zero-order valence-corrected chi connectivity index (χ0v) is 18.6. The molecule has 1 fully saturated rings. The van der Waals surface area contributed by atoms with Crippen molar-refractivity contribution < 1.29 is 4.79 Å². The van der Waals surface area contributed by atoms with Crippen LogP contribution in [0.1, 0.15) is 49.7 Å². The molecular weight excluding hydrogens is 438 g/mol. The Kier molecular flexibility index (Phi) is 5.23. The Morgan fingerprint density at radius 2 is 1.73 bits per heavy atom.